The quantitative estimate of drug-likeness (QED) is 0.435. The van der Waals surface area contributed by atoms with Crippen molar-refractivity contribution in [2.45, 2.75) is 45.3 Å². The number of hydrogen-bond acceptors (Lipinski definition) is 5. The molecular formula is C26H26N4O4S. The van der Waals surface area contributed by atoms with Crippen LogP contribution in [0.2, 0.25) is 0 Å². The van der Waals surface area contributed by atoms with Crippen molar-refractivity contribution in [2.24, 2.45) is 0 Å². The monoisotopic (exact) mass is 490 g/mol. The highest BCUT2D eigenvalue weighted by Crippen LogP contribution is 2.26. The molecule has 0 bridgehead atoms. The first-order chi connectivity index (χ1) is 16.9. The molecule has 5 rings (SSSR count). The summed E-state index contributed by atoms with van der Waals surface area (Å²) in [6, 6.07) is 10.7. The lowest BCUT2D eigenvalue weighted by molar-refractivity contribution is -0.135. The lowest BCUT2D eigenvalue weighted by Gasteiger charge is -2.33. The van der Waals surface area contributed by atoms with E-state index in [1.807, 2.05) is 51.2 Å². The zero-order valence-electron chi connectivity index (χ0n) is 19.4. The fourth-order valence-corrected chi connectivity index (χ4v) is 5.47. The number of nitrogens with zero attached hydrogens (tertiary/aromatic N) is 3. The number of barbiturate groups is 1. The molecule has 0 radical (unpaired) electrons. The number of para-hydroxylation sites is 1. The number of nitrogens with one attached hydrogen (secondary N) is 1. The number of hydrogen-bond donors (Lipinski definition) is 1. The van der Waals surface area contributed by atoms with Gasteiger partial charge in [0.25, 0.3) is 11.8 Å². The molecule has 8 nitrogen and oxygen atoms in total. The summed E-state index contributed by atoms with van der Waals surface area (Å²) in [4.78, 5) is 55.0. The summed E-state index contributed by atoms with van der Waals surface area (Å²) >= 11 is 1.43. The number of imide groups is 2. The third kappa shape index (κ3) is 4.51. The Hall–Kier alpha value is -3.72. The van der Waals surface area contributed by atoms with Crippen molar-refractivity contribution in [1.29, 1.82) is 0 Å². The number of thiophene rings is 1. The van der Waals surface area contributed by atoms with Gasteiger partial charge in [-0.05, 0) is 49.8 Å². The van der Waals surface area contributed by atoms with Crippen LogP contribution in [0.4, 0.5) is 4.79 Å². The van der Waals surface area contributed by atoms with Crippen molar-refractivity contribution in [3.63, 3.8) is 0 Å². The molecule has 35 heavy (non-hydrogen) atoms. The SMILES string of the molecule is C[C@H]1CCCCN1C(=O)Cn1cc(/C=C2/C(=O)NC(=O)N(Cc3cccs3)C2=O)c2ccccc21. The third-order valence-electron chi connectivity index (χ3n) is 6.63. The van der Waals surface area contributed by atoms with E-state index in [0.717, 1.165) is 46.5 Å². The van der Waals surface area contributed by atoms with Gasteiger partial charge in [-0.1, -0.05) is 24.3 Å². The number of benzene rings is 1. The normalized spacial score (nSPS) is 20.1. The van der Waals surface area contributed by atoms with Crippen molar-refractivity contribution >= 4 is 52.1 Å². The second-order valence-electron chi connectivity index (χ2n) is 8.95. The van der Waals surface area contributed by atoms with Gasteiger partial charge in [0.05, 0.1) is 6.54 Å². The summed E-state index contributed by atoms with van der Waals surface area (Å²) in [5.74, 6) is -1.31. The van der Waals surface area contributed by atoms with Crippen LogP contribution in [0.5, 0.6) is 0 Å². The van der Waals surface area contributed by atoms with Crippen LogP contribution < -0.4 is 5.32 Å². The predicted molar refractivity (Wildman–Crippen MR) is 133 cm³/mol. The molecule has 2 aliphatic rings. The highest BCUT2D eigenvalue weighted by Gasteiger charge is 2.36. The second-order valence-corrected chi connectivity index (χ2v) is 9.98. The lowest BCUT2D eigenvalue weighted by atomic mass is 10.0. The summed E-state index contributed by atoms with van der Waals surface area (Å²) in [5, 5.41) is 4.96. The van der Waals surface area contributed by atoms with Crippen LogP contribution in [0.25, 0.3) is 17.0 Å². The Kier molecular flexibility index (Phi) is 6.25. The van der Waals surface area contributed by atoms with E-state index in [1.54, 1.807) is 6.20 Å². The largest absolute Gasteiger partial charge is 0.338 e. The Balaban J connectivity index is 1.47. The molecule has 4 heterocycles. The molecule has 1 aromatic carbocycles. The molecule has 2 aromatic heterocycles. The van der Waals surface area contributed by atoms with Crippen molar-refractivity contribution in [1.82, 2.24) is 19.7 Å². The molecule has 2 saturated heterocycles. The Labute approximate surface area is 206 Å². The highest BCUT2D eigenvalue weighted by atomic mass is 32.1. The molecule has 5 amide bonds. The molecule has 9 heteroatoms. The molecule has 1 atom stereocenters. The Morgan fingerprint density at radius 3 is 2.74 bits per heavy atom. The van der Waals surface area contributed by atoms with Crippen molar-refractivity contribution in [3.8, 4) is 0 Å². The van der Waals surface area contributed by atoms with Crippen LogP contribution in [0, 0.1) is 0 Å². The number of carbonyl (C=O) groups is 4. The first-order valence-corrected chi connectivity index (χ1v) is 12.6. The van der Waals surface area contributed by atoms with Gasteiger partial charge in [-0.2, -0.15) is 0 Å². The van der Waals surface area contributed by atoms with E-state index in [-0.39, 0.29) is 30.6 Å². The lowest BCUT2D eigenvalue weighted by Crippen LogP contribution is -2.53. The number of urea groups is 1. The molecule has 3 aromatic rings. The Bertz CT molecular complexity index is 1340. The number of fused-ring (bicyclic) bond motifs is 1. The van der Waals surface area contributed by atoms with Crippen LogP contribution in [-0.4, -0.2) is 50.7 Å². The fraction of sp³-hybridized carbons (Fsp3) is 0.308. The molecular weight excluding hydrogens is 464 g/mol. The zero-order chi connectivity index (χ0) is 24.5. The van der Waals surface area contributed by atoms with Crippen LogP contribution in [0.15, 0.2) is 53.5 Å². The van der Waals surface area contributed by atoms with Gasteiger partial charge in [-0.25, -0.2) is 4.79 Å². The molecule has 0 aliphatic carbocycles. The minimum atomic E-state index is -0.728. The molecule has 0 spiro atoms. The van der Waals surface area contributed by atoms with E-state index in [9.17, 15) is 19.2 Å². The summed E-state index contributed by atoms with van der Waals surface area (Å²) in [5.41, 5.74) is 1.37. The van der Waals surface area contributed by atoms with E-state index in [1.165, 1.54) is 17.4 Å². The molecule has 2 aliphatic heterocycles. The van der Waals surface area contributed by atoms with Gasteiger partial charge in [0.15, 0.2) is 0 Å². The predicted octanol–water partition coefficient (Wildman–Crippen LogP) is 3.77. The first kappa shape index (κ1) is 23.0. The summed E-state index contributed by atoms with van der Waals surface area (Å²) in [6.45, 7) is 3.12. The Morgan fingerprint density at radius 2 is 1.97 bits per heavy atom. The van der Waals surface area contributed by atoms with E-state index in [4.69, 9.17) is 0 Å². The van der Waals surface area contributed by atoms with Gasteiger partial charge in [0, 0.05) is 40.1 Å². The van der Waals surface area contributed by atoms with Gasteiger partial charge in [-0.3, -0.25) is 24.6 Å². The van der Waals surface area contributed by atoms with Gasteiger partial charge in [-0.15, -0.1) is 11.3 Å². The summed E-state index contributed by atoms with van der Waals surface area (Å²) < 4.78 is 1.87. The highest BCUT2D eigenvalue weighted by molar-refractivity contribution is 7.09. The van der Waals surface area contributed by atoms with Crippen LogP contribution in [-0.2, 0) is 27.5 Å². The van der Waals surface area contributed by atoms with Gasteiger partial charge in [0.2, 0.25) is 5.91 Å². The second kappa shape index (κ2) is 9.50. The van der Waals surface area contributed by atoms with E-state index >= 15 is 0 Å². The molecule has 180 valence electrons. The molecule has 0 unspecified atom stereocenters. The average Bonchev–Trinajstić information content (AvgIpc) is 3.48. The first-order valence-electron chi connectivity index (χ1n) is 11.7. The summed E-state index contributed by atoms with van der Waals surface area (Å²) in [7, 11) is 0. The fourth-order valence-electron chi connectivity index (χ4n) is 4.78. The number of piperidine rings is 1. The molecule has 0 saturated carbocycles. The smallest absolute Gasteiger partial charge is 0.331 e. The van der Waals surface area contributed by atoms with Crippen molar-refractivity contribution < 1.29 is 19.2 Å². The topological polar surface area (TPSA) is 91.7 Å². The van der Waals surface area contributed by atoms with Crippen LogP contribution in [0.1, 0.15) is 36.6 Å². The standard InChI is InChI=1S/C26H26N4O4S/c1-17-7-4-5-11-29(17)23(31)16-28-14-18(20-9-2-3-10-22(20)28)13-21-24(32)27-26(34)30(25(21)33)15-19-8-6-12-35-19/h2-3,6,8-10,12-14,17H,4-5,7,11,15-16H2,1H3,(H,27,32,34)/b21-13-/t17-/m0/s1. The number of likely N-dealkylation sites (tertiary alicyclic amines) is 1. The zero-order valence-corrected chi connectivity index (χ0v) is 20.2. The number of aromatic nitrogens is 1. The van der Waals surface area contributed by atoms with Crippen LogP contribution in [0.3, 0.4) is 0 Å². The number of rotatable bonds is 5. The minimum Gasteiger partial charge on any atom is -0.338 e. The molecule has 2 fully saturated rings. The van der Waals surface area contributed by atoms with Gasteiger partial charge in [0.1, 0.15) is 12.1 Å². The van der Waals surface area contributed by atoms with Gasteiger partial charge >= 0.3 is 6.03 Å². The molecule has 1 N–H and O–H groups in total. The maximum absolute atomic E-state index is 13.2. The van der Waals surface area contributed by atoms with Gasteiger partial charge < -0.3 is 9.47 Å². The minimum absolute atomic E-state index is 0.0522. The van der Waals surface area contributed by atoms with Crippen molar-refractivity contribution in [2.75, 3.05) is 6.54 Å². The Morgan fingerprint density at radius 1 is 1.14 bits per heavy atom. The van der Waals surface area contributed by atoms with E-state index in [2.05, 4.69) is 12.2 Å². The summed E-state index contributed by atoms with van der Waals surface area (Å²) in [6.07, 6.45) is 6.46. The maximum atomic E-state index is 13.2. The average molecular weight is 491 g/mol. The number of carbonyl (C=O) groups excluding carboxylic acids is 4. The number of amides is 5. The third-order valence-corrected chi connectivity index (χ3v) is 7.49. The van der Waals surface area contributed by atoms with Crippen molar-refractivity contribution in [3.05, 3.63) is 64.0 Å². The van der Waals surface area contributed by atoms with E-state index in [0.29, 0.717) is 5.56 Å². The van der Waals surface area contributed by atoms with Crippen LogP contribution >= 0.6 is 11.3 Å². The van der Waals surface area contributed by atoms with E-state index < -0.39 is 17.8 Å². The maximum Gasteiger partial charge on any atom is 0.331 e.